The van der Waals surface area contributed by atoms with Gasteiger partial charge in [-0.15, -0.1) is 0 Å². The molecule has 0 amide bonds. The standard InChI is InChI=1S/C12H26N4/c1-3-13-12(14-4-2)15-8-11-16-9-6-5-7-10-16/h3-11H2,1-2H3,(H2,13,14,15). The van der Waals surface area contributed by atoms with E-state index < -0.39 is 0 Å². The molecule has 0 saturated carbocycles. The van der Waals surface area contributed by atoms with Crippen LogP contribution in [0.15, 0.2) is 4.99 Å². The molecule has 0 radical (unpaired) electrons. The Balaban J connectivity index is 2.20. The van der Waals surface area contributed by atoms with Crippen LogP contribution in [0.25, 0.3) is 0 Å². The highest BCUT2D eigenvalue weighted by Crippen LogP contribution is 2.07. The van der Waals surface area contributed by atoms with Crippen LogP contribution in [-0.2, 0) is 0 Å². The van der Waals surface area contributed by atoms with Crippen LogP contribution in [-0.4, -0.2) is 50.1 Å². The fourth-order valence-electron chi connectivity index (χ4n) is 2.00. The molecular weight excluding hydrogens is 200 g/mol. The first-order valence-corrected chi connectivity index (χ1v) is 6.61. The average molecular weight is 226 g/mol. The van der Waals surface area contributed by atoms with Crippen LogP contribution in [0.5, 0.6) is 0 Å². The quantitative estimate of drug-likeness (QED) is 0.544. The van der Waals surface area contributed by atoms with E-state index in [1.165, 1.54) is 32.4 Å². The predicted octanol–water partition coefficient (Wildman–Crippen LogP) is 1.05. The lowest BCUT2D eigenvalue weighted by Gasteiger charge is -2.25. The van der Waals surface area contributed by atoms with Gasteiger partial charge in [-0.3, -0.25) is 4.99 Å². The summed E-state index contributed by atoms with van der Waals surface area (Å²) in [5.41, 5.74) is 0. The number of nitrogens with one attached hydrogen (secondary N) is 2. The van der Waals surface area contributed by atoms with Crippen LogP contribution in [0.1, 0.15) is 33.1 Å². The van der Waals surface area contributed by atoms with Gasteiger partial charge in [0.15, 0.2) is 5.96 Å². The van der Waals surface area contributed by atoms with Gasteiger partial charge in [0.25, 0.3) is 0 Å². The van der Waals surface area contributed by atoms with E-state index in [0.29, 0.717) is 0 Å². The summed E-state index contributed by atoms with van der Waals surface area (Å²) in [4.78, 5) is 7.07. The van der Waals surface area contributed by atoms with E-state index >= 15 is 0 Å². The van der Waals surface area contributed by atoms with Crippen LogP contribution in [0.4, 0.5) is 0 Å². The van der Waals surface area contributed by atoms with Crippen molar-refractivity contribution >= 4 is 5.96 Å². The number of piperidine rings is 1. The average Bonchev–Trinajstić information content (AvgIpc) is 2.31. The largest absolute Gasteiger partial charge is 0.357 e. The van der Waals surface area contributed by atoms with E-state index in [2.05, 4.69) is 34.4 Å². The van der Waals surface area contributed by atoms with E-state index in [9.17, 15) is 0 Å². The summed E-state index contributed by atoms with van der Waals surface area (Å²) < 4.78 is 0. The van der Waals surface area contributed by atoms with Gasteiger partial charge in [0, 0.05) is 19.6 Å². The number of guanidine groups is 1. The molecule has 0 spiro atoms. The van der Waals surface area contributed by atoms with E-state index in [0.717, 1.165) is 32.1 Å². The van der Waals surface area contributed by atoms with Crippen molar-refractivity contribution < 1.29 is 0 Å². The van der Waals surface area contributed by atoms with Crippen molar-refractivity contribution in [3.8, 4) is 0 Å². The maximum atomic E-state index is 4.55. The lowest BCUT2D eigenvalue weighted by molar-refractivity contribution is 0.235. The molecule has 0 atom stereocenters. The van der Waals surface area contributed by atoms with Gasteiger partial charge in [0.2, 0.25) is 0 Å². The minimum Gasteiger partial charge on any atom is -0.357 e. The lowest BCUT2D eigenvalue weighted by Crippen LogP contribution is -2.38. The maximum absolute atomic E-state index is 4.55. The van der Waals surface area contributed by atoms with Crippen molar-refractivity contribution in [1.82, 2.24) is 15.5 Å². The van der Waals surface area contributed by atoms with Crippen molar-refractivity contribution in [1.29, 1.82) is 0 Å². The second-order valence-corrected chi connectivity index (χ2v) is 4.19. The molecule has 0 aliphatic carbocycles. The normalized spacial score (nSPS) is 16.9. The summed E-state index contributed by atoms with van der Waals surface area (Å²) in [7, 11) is 0. The van der Waals surface area contributed by atoms with Crippen molar-refractivity contribution in [2.24, 2.45) is 4.99 Å². The molecule has 1 aliphatic rings. The molecule has 2 N–H and O–H groups in total. The fraction of sp³-hybridized carbons (Fsp3) is 0.917. The molecule has 0 unspecified atom stereocenters. The van der Waals surface area contributed by atoms with E-state index in [4.69, 9.17) is 0 Å². The van der Waals surface area contributed by atoms with Crippen molar-refractivity contribution in [2.45, 2.75) is 33.1 Å². The third-order valence-electron chi connectivity index (χ3n) is 2.82. The SMILES string of the molecule is CCNC(=NCCN1CCCCC1)NCC. The van der Waals surface area contributed by atoms with E-state index in [-0.39, 0.29) is 0 Å². The Kier molecular flexibility index (Phi) is 6.97. The molecular formula is C12H26N4. The van der Waals surface area contributed by atoms with Crippen LogP contribution < -0.4 is 10.6 Å². The van der Waals surface area contributed by atoms with Crippen molar-refractivity contribution in [3.05, 3.63) is 0 Å². The zero-order valence-corrected chi connectivity index (χ0v) is 10.8. The molecule has 16 heavy (non-hydrogen) atoms. The first kappa shape index (κ1) is 13.3. The number of rotatable bonds is 5. The summed E-state index contributed by atoms with van der Waals surface area (Å²) in [6.07, 6.45) is 4.12. The summed E-state index contributed by atoms with van der Waals surface area (Å²) >= 11 is 0. The molecule has 1 fully saturated rings. The number of aliphatic imine (C=N–C) groups is 1. The number of hydrogen-bond acceptors (Lipinski definition) is 2. The molecule has 1 aliphatic heterocycles. The Morgan fingerprint density at radius 1 is 1.06 bits per heavy atom. The van der Waals surface area contributed by atoms with Gasteiger partial charge in [-0.1, -0.05) is 6.42 Å². The van der Waals surface area contributed by atoms with Gasteiger partial charge in [0.1, 0.15) is 0 Å². The smallest absolute Gasteiger partial charge is 0.191 e. The predicted molar refractivity (Wildman–Crippen MR) is 69.9 cm³/mol. The maximum Gasteiger partial charge on any atom is 0.191 e. The molecule has 1 heterocycles. The second kappa shape index (κ2) is 8.39. The van der Waals surface area contributed by atoms with Gasteiger partial charge in [-0.05, 0) is 39.8 Å². The highest BCUT2D eigenvalue weighted by molar-refractivity contribution is 5.79. The zero-order chi connectivity index (χ0) is 11.6. The Hall–Kier alpha value is -0.770. The number of nitrogens with zero attached hydrogens (tertiary/aromatic N) is 2. The Bertz CT molecular complexity index is 189. The van der Waals surface area contributed by atoms with E-state index in [1.807, 2.05) is 0 Å². The summed E-state index contributed by atoms with van der Waals surface area (Å²) in [5.74, 6) is 0.946. The molecule has 0 aromatic heterocycles. The Morgan fingerprint density at radius 2 is 1.69 bits per heavy atom. The highest BCUT2D eigenvalue weighted by Gasteiger charge is 2.08. The van der Waals surface area contributed by atoms with Gasteiger partial charge >= 0.3 is 0 Å². The molecule has 1 rings (SSSR count). The minimum absolute atomic E-state index is 0.898. The third kappa shape index (κ3) is 5.35. The summed E-state index contributed by atoms with van der Waals surface area (Å²) in [5, 5.41) is 6.48. The molecule has 0 bridgehead atoms. The summed E-state index contributed by atoms with van der Waals surface area (Å²) in [6.45, 7) is 10.6. The van der Waals surface area contributed by atoms with Crippen LogP contribution in [0.3, 0.4) is 0 Å². The highest BCUT2D eigenvalue weighted by atomic mass is 15.2. The van der Waals surface area contributed by atoms with Crippen LogP contribution >= 0.6 is 0 Å². The van der Waals surface area contributed by atoms with Crippen LogP contribution in [0, 0.1) is 0 Å². The lowest BCUT2D eigenvalue weighted by atomic mass is 10.1. The van der Waals surface area contributed by atoms with Gasteiger partial charge in [-0.2, -0.15) is 0 Å². The van der Waals surface area contributed by atoms with Gasteiger partial charge in [0.05, 0.1) is 6.54 Å². The van der Waals surface area contributed by atoms with Gasteiger partial charge < -0.3 is 15.5 Å². The third-order valence-corrected chi connectivity index (χ3v) is 2.82. The minimum atomic E-state index is 0.898. The molecule has 1 saturated heterocycles. The first-order valence-electron chi connectivity index (χ1n) is 6.61. The molecule has 4 nitrogen and oxygen atoms in total. The zero-order valence-electron chi connectivity index (χ0n) is 10.8. The van der Waals surface area contributed by atoms with Gasteiger partial charge in [-0.25, -0.2) is 0 Å². The molecule has 0 aromatic carbocycles. The fourth-order valence-corrected chi connectivity index (χ4v) is 2.00. The second-order valence-electron chi connectivity index (χ2n) is 4.19. The number of hydrogen-bond donors (Lipinski definition) is 2. The first-order chi connectivity index (χ1) is 7.86. The van der Waals surface area contributed by atoms with Crippen molar-refractivity contribution in [2.75, 3.05) is 39.3 Å². The monoisotopic (exact) mass is 226 g/mol. The van der Waals surface area contributed by atoms with E-state index in [1.54, 1.807) is 0 Å². The molecule has 94 valence electrons. The molecule has 4 heteroatoms. The van der Waals surface area contributed by atoms with Crippen LogP contribution in [0.2, 0.25) is 0 Å². The Morgan fingerprint density at radius 3 is 2.25 bits per heavy atom. The van der Waals surface area contributed by atoms with Crippen molar-refractivity contribution in [3.63, 3.8) is 0 Å². The topological polar surface area (TPSA) is 39.7 Å². The number of likely N-dealkylation sites (tertiary alicyclic amines) is 1. The summed E-state index contributed by atoms with van der Waals surface area (Å²) in [6, 6.07) is 0. The molecule has 0 aromatic rings. The Labute approximate surface area is 99.5 Å².